The average molecular weight is 291 g/mol. The van der Waals surface area contributed by atoms with Gasteiger partial charge < -0.3 is 10.1 Å². The van der Waals surface area contributed by atoms with Crippen LogP contribution in [0.4, 0.5) is 8.78 Å². The fraction of sp³-hybridized carbons (Fsp3) is 0.294. The van der Waals surface area contributed by atoms with E-state index in [0.29, 0.717) is 5.56 Å². The van der Waals surface area contributed by atoms with Crippen LogP contribution in [0, 0.1) is 13.8 Å². The van der Waals surface area contributed by atoms with Crippen molar-refractivity contribution < 1.29 is 13.5 Å². The van der Waals surface area contributed by atoms with Crippen LogP contribution in [0.2, 0.25) is 0 Å². The minimum absolute atomic E-state index is 0.195. The predicted octanol–water partition coefficient (Wildman–Crippen LogP) is 4.21. The Kier molecular flexibility index (Phi) is 4.91. The third kappa shape index (κ3) is 3.58. The zero-order valence-electron chi connectivity index (χ0n) is 12.4. The maximum atomic E-state index is 12.6. The van der Waals surface area contributed by atoms with Gasteiger partial charge in [0.1, 0.15) is 5.75 Å². The molecule has 112 valence electrons. The van der Waals surface area contributed by atoms with Gasteiger partial charge in [-0.3, -0.25) is 0 Å². The van der Waals surface area contributed by atoms with Crippen molar-refractivity contribution in [3.8, 4) is 5.75 Å². The highest BCUT2D eigenvalue weighted by Gasteiger charge is 2.20. The van der Waals surface area contributed by atoms with E-state index in [1.54, 1.807) is 18.2 Å². The van der Waals surface area contributed by atoms with Crippen LogP contribution in [0.25, 0.3) is 0 Å². The Morgan fingerprint density at radius 1 is 1.00 bits per heavy atom. The first-order chi connectivity index (χ1) is 10.0. The Morgan fingerprint density at radius 2 is 1.71 bits per heavy atom. The molecule has 0 bridgehead atoms. The number of para-hydroxylation sites is 1. The molecule has 0 aliphatic rings. The van der Waals surface area contributed by atoms with Crippen LogP contribution in [0.15, 0.2) is 42.5 Å². The summed E-state index contributed by atoms with van der Waals surface area (Å²) in [5.41, 5.74) is 3.99. The highest BCUT2D eigenvalue weighted by atomic mass is 19.3. The molecular weight excluding hydrogens is 272 g/mol. The second-order valence-electron chi connectivity index (χ2n) is 5.00. The number of benzene rings is 2. The first kappa shape index (κ1) is 15.4. The summed E-state index contributed by atoms with van der Waals surface area (Å²) in [5, 5.41) is 3.19. The van der Waals surface area contributed by atoms with Crippen molar-refractivity contribution >= 4 is 0 Å². The summed E-state index contributed by atoms with van der Waals surface area (Å²) >= 11 is 0. The van der Waals surface area contributed by atoms with Gasteiger partial charge in [-0.1, -0.05) is 42.0 Å². The van der Waals surface area contributed by atoms with Crippen LogP contribution in [0.5, 0.6) is 5.75 Å². The maximum absolute atomic E-state index is 12.6. The van der Waals surface area contributed by atoms with Gasteiger partial charge in [0.15, 0.2) is 0 Å². The van der Waals surface area contributed by atoms with E-state index in [1.165, 1.54) is 0 Å². The SMILES string of the molecule is CNC(c1cc(C)ccc1C)c1ccccc1OC(F)F. The first-order valence-electron chi connectivity index (χ1n) is 6.81. The van der Waals surface area contributed by atoms with Crippen molar-refractivity contribution in [1.82, 2.24) is 5.32 Å². The molecule has 0 aliphatic carbocycles. The van der Waals surface area contributed by atoms with Crippen LogP contribution in [-0.2, 0) is 0 Å². The number of halogens is 2. The molecule has 1 unspecified atom stereocenters. The molecule has 0 saturated carbocycles. The van der Waals surface area contributed by atoms with E-state index >= 15 is 0 Å². The van der Waals surface area contributed by atoms with Crippen molar-refractivity contribution in [3.63, 3.8) is 0 Å². The molecule has 2 rings (SSSR count). The molecule has 1 N–H and O–H groups in total. The molecule has 0 saturated heterocycles. The van der Waals surface area contributed by atoms with Gasteiger partial charge in [-0.05, 0) is 38.1 Å². The third-order valence-electron chi connectivity index (χ3n) is 3.48. The van der Waals surface area contributed by atoms with Gasteiger partial charge in [-0.25, -0.2) is 0 Å². The fourth-order valence-electron chi connectivity index (χ4n) is 2.47. The summed E-state index contributed by atoms with van der Waals surface area (Å²) in [5.74, 6) is 0.202. The van der Waals surface area contributed by atoms with Crippen molar-refractivity contribution in [2.75, 3.05) is 7.05 Å². The van der Waals surface area contributed by atoms with Crippen molar-refractivity contribution in [3.05, 3.63) is 64.7 Å². The lowest BCUT2D eigenvalue weighted by Gasteiger charge is -2.22. The molecule has 0 aromatic heterocycles. The Hall–Kier alpha value is -1.94. The predicted molar refractivity (Wildman–Crippen MR) is 79.9 cm³/mol. The zero-order valence-corrected chi connectivity index (χ0v) is 12.4. The smallest absolute Gasteiger partial charge is 0.387 e. The molecule has 0 aliphatic heterocycles. The Bertz CT molecular complexity index is 613. The molecule has 4 heteroatoms. The van der Waals surface area contributed by atoms with E-state index in [0.717, 1.165) is 16.7 Å². The van der Waals surface area contributed by atoms with E-state index in [9.17, 15) is 8.78 Å². The monoisotopic (exact) mass is 291 g/mol. The third-order valence-corrected chi connectivity index (χ3v) is 3.48. The lowest BCUT2D eigenvalue weighted by Crippen LogP contribution is -2.20. The van der Waals surface area contributed by atoms with Crippen LogP contribution >= 0.6 is 0 Å². The molecular formula is C17H19F2NO. The van der Waals surface area contributed by atoms with Crippen molar-refractivity contribution in [2.24, 2.45) is 0 Å². The summed E-state index contributed by atoms with van der Waals surface area (Å²) in [6.45, 7) is 1.19. The number of hydrogen-bond donors (Lipinski definition) is 1. The van der Waals surface area contributed by atoms with Crippen molar-refractivity contribution in [1.29, 1.82) is 0 Å². The van der Waals surface area contributed by atoms with Crippen molar-refractivity contribution in [2.45, 2.75) is 26.5 Å². The van der Waals surface area contributed by atoms with Crippen LogP contribution in [0.3, 0.4) is 0 Å². The summed E-state index contributed by atoms with van der Waals surface area (Å²) in [6.07, 6.45) is 0. The first-order valence-corrected chi connectivity index (χ1v) is 6.81. The van der Waals surface area contributed by atoms with E-state index < -0.39 is 6.61 Å². The second-order valence-corrected chi connectivity index (χ2v) is 5.00. The standard InChI is InChI=1S/C17H19F2NO/c1-11-8-9-12(2)14(10-11)16(20-3)13-6-4-5-7-15(13)21-17(18)19/h4-10,16-17,20H,1-3H3. The second kappa shape index (κ2) is 6.68. The van der Waals surface area contributed by atoms with Gasteiger partial charge in [-0.2, -0.15) is 8.78 Å². The molecule has 1 atom stereocenters. The van der Waals surface area contributed by atoms with E-state index in [4.69, 9.17) is 0 Å². The molecule has 21 heavy (non-hydrogen) atoms. The number of hydrogen-bond acceptors (Lipinski definition) is 2. The minimum Gasteiger partial charge on any atom is -0.434 e. The van der Waals surface area contributed by atoms with Gasteiger partial charge in [0.2, 0.25) is 0 Å². The molecule has 2 aromatic rings. The summed E-state index contributed by atoms with van der Waals surface area (Å²) in [7, 11) is 1.81. The largest absolute Gasteiger partial charge is 0.434 e. The Morgan fingerprint density at radius 3 is 2.38 bits per heavy atom. The molecule has 0 heterocycles. The van der Waals surface area contributed by atoms with Gasteiger partial charge in [-0.15, -0.1) is 0 Å². The number of ether oxygens (including phenoxy) is 1. The zero-order chi connectivity index (χ0) is 15.4. The highest BCUT2D eigenvalue weighted by molar-refractivity contribution is 5.45. The van der Waals surface area contributed by atoms with Gasteiger partial charge in [0.25, 0.3) is 0 Å². The Balaban J connectivity index is 2.49. The molecule has 0 amide bonds. The molecule has 0 fully saturated rings. The van der Waals surface area contributed by atoms with E-state index in [-0.39, 0.29) is 11.8 Å². The lowest BCUT2D eigenvalue weighted by atomic mass is 9.93. The lowest BCUT2D eigenvalue weighted by molar-refractivity contribution is -0.0506. The Labute approximate surface area is 123 Å². The molecule has 0 radical (unpaired) electrons. The maximum Gasteiger partial charge on any atom is 0.387 e. The summed E-state index contributed by atoms with van der Waals surface area (Å²) < 4.78 is 29.8. The van der Waals surface area contributed by atoms with Crippen LogP contribution < -0.4 is 10.1 Å². The quantitative estimate of drug-likeness (QED) is 0.891. The summed E-state index contributed by atoms with van der Waals surface area (Å²) in [4.78, 5) is 0. The van der Waals surface area contributed by atoms with Gasteiger partial charge in [0.05, 0.1) is 6.04 Å². The van der Waals surface area contributed by atoms with Crippen LogP contribution in [0.1, 0.15) is 28.3 Å². The minimum atomic E-state index is -2.83. The number of alkyl halides is 2. The molecule has 0 spiro atoms. The van der Waals surface area contributed by atoms with E-state index in [2.05, 4.69) is 16.1 Å². The molecule has 2 nitrogen and oxygen atoms in total. The summed E-state index contributed by atoms with van der Waals surface area (Å²) in [6, 6.07) is 12.8. The topological polar surface area (TPSA) is 21.3 Å². The van der Waals surface area contributed by atoms with Gasteiger partial charge in [0, 0.05) is 5.56 Å². The normalized spacial score (nSPS) is 12.5. The number of aryl methyl sites for hydroxylation is 2. The van der Waals surface area contributed by atoms with E-state index in [1.807, 2.05) is 39.1 Å². The number of nitrogens with one attached hydrogen (secondary N) is 1. The highest BCUT2D eigenvalue weighted by Crippen LogP contribution is 2.32. The average Bonchev–Trinajstić information content (AvgIpc) is 2.44. The number of rotatable bonds is 5. The van der Waals surface area contributed by atoms with Gasteiger partial charge >= 0.3 is 6.61 Å². The molecule has 2 aromatic carbocycles. The van der Waals surface area contributed by atoms with Crippen LogP contribution in [-0.4, -0.2) is 13.7 Å². The fourth-order valence-corrected chi connectivity index (χ4v) is 2.47.